The van der Waals surface area contributed by atoms with Crippen LogP contribution in [0.5, 0.6) is 0 Å². The fourth-order valence-corrected chi connectivity index (χ4v) is 4.03. The SMILES string of the molecule is C=C(C)NC1(C)CCC1.CNc1nc(C#N)c2c(-c3ccc4ncccc4c3)ccn2n1. The summed E-state index contributed by atoms with van der Waals surface area (Å²) in [4.78, 5) is 8.57. The predicted molar refractivity (Wildman–Crippen MR) is 128 cm³/mol. The van der Waals surface area contributed by atoms with E-state index in [1.54, 1.807) is 17.8 Å². The Morgan fingerprint density at radius 1 is 1.25 bits per heavy atom. The minimum atomic E-state index is 0.343. The molecule has 1 fully saturated rings. The standard InChI is InChI=1S/C17H12N6.C8H15N/c1-19-17-21-15(10-18)16-13(6-8-23(16)22-17)11-4-5-14-12(9-11)3-2-7-20-14;1-7(2)9-8(3)5-4-6-8/h2-9H,1H3,(H,19,22);9H,1,4-6H2,2-3H3. The number of nitrogens with zero attached hydrogens (tertiary/aromatic N) is 5. The van der Waals surface area contributed by atoms with Gasteiger partial charge in [0.25, 0.3) is 0 Å². The fourth-order valence-electron chi connectivity index (χ4n) is 4.03. The van der Waals surface area contributed by atoms with Crippen LogP contribution in [0.2, 0.25) is 0 Å². The molecule has 162 valence electrons. The van der Waals surface area contributed by atoms with E-state index in [2.05, 4.69) is 51.3 Å². The first-order chi connectivity index (χ1) is 15.4. The minimum Gasteiger partial charge on any atom is -0.384 e. The molecule has 0 atom stereocenters. The van der Waals surface area contributed by atoms with Gasteiger partial charge in [-0.2, -0.15) is 10.2 Å². The van der Waals surface area contributed by atoms with Crippen LogP contribution in [-0.2, 0) is 0 Å². The van der Waals surface area contributed by atoms with E-state index in [4.69, 9.17) is 0 Å². The van der Waals surface area contributed by atoms with Gasteiger partial charge in [0.05, 0.1) is 5.52 Å². The molecule has 1 aliphatic rings. The fraction of sp³-hybridized carbons (Fsp3) is 0.280. The van der Waals surface area contributed by atoms with Crippen LogP contribution < -0.4 is 10.6 Å². The molecule has 0 saturated heterocycles. The lowest BCUT2D eigenvalue weighted by Gasteiger charge is -2.40. The molecule has 0 amide bonds. The zero-order valence-corrected chi connectivity index (χ0v) is 18.7. The molecule has 1 aliphatic carbocycles. The highest BCUT2D eigenvalue weighted by atomic mass is 15.3. The summed E-state index contributed by atoms with van der Waals surface area (Å²) in [5, 5.41) is 21.0. The molecule has 3 heterocycles. The Kier molecular flexibility index (Phi) is 5.78. The van der Waals surface area contributed by atoms with Crippen LogP contribution in [0.25, 0.3) is 27.5 Å². The second-order valence-corrected chi connectivity index (χ2v) is 8.40. The summed E-state index contributed by atoms with van der Waals surface area (Å²) in [6, 6.07) is 14.1. The topological polar surface area (TPSA) is 90.9 Å². The van der Waals surface area contributed by atoms with Crippen molar-refractivity contribution in [3.8, 4) is 17.2 Å². The molecule has 5 rings (SSSR count). The Labute approximate surface area is 187 Å². The molecule has 0 bridgehead atoms. The molecule has 1 aromatic carbocycles. The van der Waals surface area contributed by atoms with Gasteiger partial charge in [0, 0.05) is 41.6 Å². The van der Waals surface area contributed by atoms with Crippen molar-refractivity contribution in [1.29, 1.82) is 5.26 Å². The second kappa shape index (κ2) is 8.67. The molecular weight excluding hydrogens is 398 g/mol. The number of nitriles is 1. The van der Waals surface area contributed by atoms with Crippen LogP contribution in [0.15, 0.2) is 61.1 Å². The molecular formula is C25H27N7. The molecule has 1 saturated carbocycles. The summed E-state index contributed by atoms with van der Waals surface area (Å²) < 4.78 is 1.68. The number of nitrogens with one attached hydrogen (secondary N) is 2. The zero-order valence-electron chi connectivity index (χ0n) is 18.7. The van der Waals surface area contributed by atoms with E-state index in [0.717, 1.165) is 27.7 Å². The van der Waals surface area contributed by atoms with Crippen LogP contribution >= 0.6 is 0 Å². The van der Waals surface area contributed by atoms with Gasteiger partial charge in [0.15, 0.2) is 5.69 Å². The van der Waals surface area contributed by atoms with Crippen LogP contribution in [0.4, 0.5) is 5.95 Å². The number of fused-ring (bicyclic) bond motifs is 2. The Hall–Kier alpha value is -3.92. The minimum absolute atomic E-state index is 0.343. The maximum absolute atomic E-state index is 9.43. The molecule has 0 aliphatic heterocycles. The number of hydrogen-bond acceptors (Lipinski definition) is 6. The monoisotopic (exact) mass is 425 g/mol. The first-order valence-electron chi connectivity index (χ1n) is 10.7. The van der Waals surface area contributed by atoms with E-state index in [1.165, 1.54) is 19.3 Å². The van der Waals surface area contributed by atoms with Crippen molar-refractivity contribution in [2.45, 2.75) is 38.6 Å². The number of aromatic nitrogens is 4. The molecule has 4 aromatic rings. The zero-order chi connectivity index (χ0) is 22.7. The first kappa shape index (κ1) is 21.3. The number of hydrogen-bond donors (Lipinski definition) is 2. The van der Waals surface area contributed by atoms with E-state index in [-0.39, 0.29) is 0 Å². The van der Waals surface area contributed by atoms with Crippen LogP contribution in [0, 0.1) is 11.3 Å². The molecule has 2 N–H and O–H groups in total. The van der Waals surface area contributed by atoms with Crippen LogP contribution in [-0.4, -0.2) is 32.2 Å². The molecule has 0 unspecified atom stereocenters. The van der Waals surface area contributed by atoms with Crippen molar-refractivity contribution >= 4 is 22.4 Å². The van der Waals surface area contributed by atoms with Gasteiger partial charge in [-0.3, -0.25) is 4.98 Å². The van der Waals surface area contributed by atoms with Gasteiger partial charge in [-0.05, 0) is 62.9 Å². The molecule has 32 heavy (non-hydrogen) atoms. The van der Waals surface area contributed by atoms with Crippen molar-refractivity contribution in [2.24, 2.45) is 0 Å². The van der Waals surface area contributed by atoms with E-state index < -0.39 is 0 Å². The summed E-state index contributed by atoms with van der Waals surface area (Å²) in [6.45, 7) is 8.08. The van der Waals surface area contributed by atoms with E-state index >= 15 is 0 Å². The van der Waals surface area contributed by atoms with Crippen molar-refractivity contribution in [3.63, 3.8) is 0 Å². The second-order valence-electron chi connectivity index (χ2n) is 8.40. The maximum Gasteiger partial charge on any atom is 0.242 e. The number of pyridine rings is 1. The highest BCUT2D eigenvalue weighted by Crippen LogP contribution is 2.31. The van der Waals surface area contributed by atoms with Gasteiger partial charge in [0.2, 0.25) is 5.95 Å². The van der Waals surface area contributed by atoms with Crippen molar-refractivity contribution in [1.82, 2.24) is 24.9 Å². The quantitative estimate of drug-likeness (QED) is 0.483. The van der Waals surface area contributed by atoms with Gasteiger partial charge in [-0.15, -0.1) is 5.10 Å². The summed E-state index contributed by atoms with van der Waals surface area (Å²) in [5.41, 5.74) is 5.41. The Morgan fingerprint density at radius 2 is 2.06 bits per heavy atom. The summed E-state index contributed by atoms with van der Waals surface area (Å²) in [5.74, 6) is 0.416. The highest BCUT2D eigenvalue weighted by Gasteiger charge is 2.30. The lowest BCUT2D eigenvalue weighted by Crippen LogP contribution is -2.46. The average Bonchev–Trinajstić information content (AvgIpc) is 3.21. The van der Waals surface area contributed by atoms with Crippen LogP contribution in [0.1, 0.15) is 38.8 Å². The summed E-state index contributed by atoms with van der Waals surface area (Å²) in [6.07, 6.45) is 7.59. The van der Waals surface area contributed by atoms with Crippen molar-refractivity contribution < 1.29 is 0 Å². The van der Waals surface area contributed by atoms with Gasteiger partial charge < -0.3 is 10.6 Å². The lowest BCUT2D eigenvalue weighted by molar-refractivity contribution is 0.228. The number of allylic oxidation sites excluding steroid dienone is 1. The largest absolute Gasteiger partial charge is 0.384 e. The number of rotatable bonds is 4. The third-order valence-electron chi connectivity index (χ3n) is 5.73. The lowest BCUT2D eigenvalue weighted by atomic mass is 9.78. The van der Waals surface area contributed by atoms with Gasteiger partial charge in [0.1, 0.15) is 11.6 Å². The predicted octanol–water partition coefficient (Wildman–Crippen LogP) is 4.91. The van der Waals surface area contributed by atoms with Gasteiger partial charge >= 0.3 is 0 Å². The Balaban J connectivity index is 0.000000230. The highest BCUT2D eigenvalue weighted by molar-refractivity contribution is 5.90. The molecule has 7 nitrogen and oxygen atoms in total. The number of benzene rings is 1. The van der Waals surface area contributed by atoms with E-state index in [9.17, 15) is 5.26 Å². The van der Waals surface area contributed by atoms with Crippen LogP contribution in [0.3, 0.4) is 0 Å². The summed E-state index contributed by atoms with van der Waals surface area (Å²) >= 11 is 0. The molecule has 7 heteroatoms. The summed E-state index contributed by atoms with van der Waals surface area (Å²) in [7, 11) is 1.73. The first-order valence-corrected chi connectivity index (χ1v) is 10.7. The Morgan fingerprint density at radius 3 is 2.69 bits per heavy atom. The third-order valence-corrected chi connectivity index (χ3v) is 5.73. The molecule has 0 radical (unpaired) electrons. The van der Waals surface area contributed by atoms with E-state index in [1.807, 2.05) is 43.5 Å². The normalized spacial score (nSPS) is 14.1. The van der Waals surface area contributed by atoms with Crippen molar-refractivity contribution in [3.05, 3.63) is 66.8 Å². The Bertz CT molecular complexity index is 1330. The number of anilines is 1. The molecule has 3 aromatic heterocycles. The van der Waals surface area contributed by atoms with E-state index in [0.29, 0.717) is 22.7 Å². The van der Waals surface area contributed by atoms with Gasteiger partial charge in [-0.25, -0.2) is 4.52 Å². The van der Waals surface area contributed by atoms with Crippen molar-refractivity contribution in [2.75, 3.05) is 12.4 Å². The third kappa shape index (κ3) is 4.26. The van der Waals surface area contributed by atoms with Gasteiger partial charge in [-0.1, -0.05) is 18.7 Å². The average molecular weight is 426 g/mol. The maximum atomic E-state index is 9.43. The molecule has 0 spiro atoms. The smallest absolute Gasteiger partial charge is 0.242 e.